The van der Waals surface area contributed by atoms with E-state index in [1.54, 1.807) is 0 Å². The predicted octanol–water partition coefficient (Wildman–Crippen LogP) is 4.66. The third-order valence-corrected chi connectivity index (χ3v) is 6.22. The first-order valence-corrected chi connectivity index (χ1v) is 10.2. The Labute approximate surface area is 178 Å². The van der Waals surface area contributed by atoms with E-state index in [9.17, 15) is 19.1 Å². The average Bonchev–Trinajstić information content (AvgIpc) is 3.28. The zero-order valence-electron chi connectivity index (χ0n) is 16.5. The maximum Gasteiger partial charge on any atom is 0.407 e. The van der Waals surface area contributed by atoms with Crippen molar-refractivity contribution in [2.24, 2.45) is 5.92 Å². The van der Waals surface area contributed by atoms with E-state index in [0.717, 1.165) is 22.3 Å². The van der Waals surface area contributed by atoms with E-state index in [1.165, 1.54) is 18.2 Å². The number of hydrogen-bond donors (Lipinski definition) is 2. The molecule has 2 atom stereocenters. The van der Waals surface area contributed by atoms with Gasteiger partial charge in [0.1, 0.15) is 12.4 Å². The second kappa shape index (κ2) is 7.54. The first-order valence-electron chi connectivity index (χ1n) is 10.2. The number of carbonyl (C=O) groups is 2. The lowest BCUT2D eigenvalue weighted by atomic mass is 9.98. The van der Waals surface area contributed by atoms with E-state index in [1.807, 2.05) is 36.4 Å². The molecule has 0 bridgehead atoms. The van der Waals surface area contributed by atoms with E-state index in [4.69, 9.17) is 4.74 Å². The van der Waals surface area contributed by atoms with Crippen LogP contribution in [-0.2, 0) is 16.0 Å². The molecule has 5 nitrogen and oxygen atoms in total. The predicted molar refractivity (Wildman–Crippen MR) is 112 cm³/mol. The summed E-state index contributed by atoms with van der Waals surface area (Å²) in [6.45, 7) is 0.139. The molecular weight excluding hydrogens is 397 g/mol. The summed E-state index contributed by atoms with van der Waals surface area (Å²) in [4.78, 5) is 24.3. The number of carboxylic acid groups (broad SMARTS) is 1. The van der Waals surface area contributed by atoms with Crippen LogP contribution < -0.4 is 5.32 Å². The number of amides is 1. The number of rotatable bonds is 4. The SMILES string of the molecule is O=C(N[C@@H]1c2ccc(F)cc2C[C@@H]1C(=O)O)OCC1c2ccccc2-c2ccccc21. The molecule has 31 heavy (non-hydrogen) atoms. The third kappa shape index (κ3) is 3.34. The Balaban J connectivity index is 1.33. The van der Waals surface area contributed by atoms with Crippen LogP contribution in [0.25, 0.3) is 11.1 Å². The summed E-state index contributed by atoms with van der Waals surface area (Å²) in [5, 5.41) is 12.3. The highest BCUT2D eigenvalue weighted by atomic mass is 19.1. The second-order valence-electron chi connectivity index (χ2n) is 7.94. The molecule has 0 saturated heterocycles. The van der Waals surface area contributed by atoms with Crippen molar-refractivity contribution in [3.05, 3.63) is 94.8 Å². The van der Waals surface area contributed by atoms with Gasteiger partial charge < -0.3 is 15.2 Å². The molecule has 0 radical (unpaired) electrons. The molecule has 0 unspecified atom stereocenters. The van der Waals surface area contributed by atoms with Gasteiger partial charge >= 0.3 is 12.1 Å². The molecule has 0 heterocycles. The Kier molecular flexibility index (Phi) is 4.70. The fourth-order valence-corrected chi connectivity index (χ4v) is 4.80. The van der Waals surface area contributed by atoms with Crippen LogP contribution in [0.15, 0.2) is 66.7 Å². The smallest absolute Gasteiger partial charge is 0.407 e. The number of halogens is 1. The minimum absolute atomic E-state index is 0.0848. The Morgan fingerprint density at radius 3 is 2.26 bits per heavy atom. The van der Waals surface area contributed by atoms with Crippen molar-refractivity contribution in [3.8, 4) is 11.1 Å². The van der Waals surface area contributed by atoms with Crippen molar-refractivity contribution < 1.29 is 23.8 Å². The molecule has 0 saturated carbocycles. The van der Waals surface area contributed by atoms with Crippen molar-refractivity contribution in [2.45, 2.75) is 18.4 Å². The molecule has 0 fully saturated rings. The van der Waals surface area contributed by atoms with Gasteiger partial charge in [-0.2, -0.15) is 0 Å². The zero-order chi connectivity index (χ0) is 21.5. The van der Waals surface area contributed by atoms with Crippen molar-refractivity contribution in [3.63, 3.8) is 0 Å². The molecule has 2 aliphatic rings. The lowest BCUT2D eigenvalue weighted by Gasteiger charge is -2.20. The first-order chi connectivity index (χ1) is 15.0. The van der Waals surface area contributed by atoms with Crippen LogP contribution in [0, 0.1) is 11.7 Å². The highest BCUT2D eigenvalue weighted by Gasteiger charge is 2.39. The van der Waals surface area contributed by atoms with Crippen molar-refractivity contribution in [1.29, 1.82) is 0 Å². The summed E-state index contributed by atoms with van der Waals surface area (Å²) in [6, 6.07) is 19.4. The number of hydrogen-bond acceptors (Lipinski definition) is 3. The quantitative estimate of drug-likeness (QED) is 0.647. The molecule has 2 aliphatic carbocycles. The standard InChI is InChI=1S/C25H20FNO4/c26-15-9-10-16-14(11-15)12-21(24(28)29)23(16)27-25(30)31-13-22-19-7-3-1-5-17(19)18-6-2-4-8-20(18)22/h1-11,21-23H,12-13H2,(H,27,30)(H,28,29)/t21-,23+/m0/s1. The molecule has 0 aromatic heterocycles. The highest BCUT2D eigenvalue weighted by molar-refractivity contribution is 5.79. The number of fused-ring (bicyclic) bond motifs is 4. The van der Waals surface area contributed by atoms with Crippen LogP contribution in [0.5, 0.6) is 0 Å². The first kappa shape index (κ1) is 19.3. The van der Waals surface area contributed by atoms with Crippen LogP contribution in [-0.4, -0.2) is 23.8 Å². The van der Waals surface area contributed by atoms with Gasteiger partial charge in [-0.05, 0) is 51.9 Å². The van der Waals surface area contributed by atoms with Gasteiger partial charge in [0, 0.05) is 5.92 Å². The maximum atomic E-state index is 13.6. The molecule has 0 aliphatic heterocycles. The Hall–Kier alpha value is -3.67. The van der Waals surface area contributed by atoms with Crippen LogP contribution in [0.3, 0.4) is 0 Å². The number of aliphatic carboxylic acids is 1. The summed E-state index contributed by atoms with van der Waals surface area (Å²) in [6.07, 6.45) is -0.521. The fraction of sp³-hybridized carbons (Fsp3) is 0.200. The van der Waals surface area contributed by atoms with E-state index in [2.05, 4.69) is 17.4 Å². The molecule has 1 amide bonds. The fourth-order valence-electron chi connectivity index (χ4n) is 4.80. The summed E-state index contributed by atoms with van der Waals surface area (Å²) < 4.78 is 19.1. The Morgan fingerprint density at radius 2 is 1.61 bits per heavy atom. The van der Waals surface area contributed by atoms with Gasteiger partial charge in [-0.1, -0.05) is 54.6 Å². The zero-order valence-corrected chi connectivity index (χ0v) is 16.5. The number of carboxylic acids is 1. The van der Waals surface area contributed by atoms with Crippen molar-refractivity contribution in [2.75, 3.05) is 6.61 Å². The molecule has 3 aromatic carbocycles. The number of carbonyl (C=O) groups excluding carboxylic acids is 1. The number of nitrogens with one attached hydrogen (secondary N) is 1. The second-order valence-corrected chi connectivity index (χ2v) is 7.94. The van der Waals surface area contributed by atoms with Gasteiger partial charge in [-0.25, -0.2) is 9.18 Å². The Bertz CT molecular complexity index is 1150. The molecule has 5 rings (SSSR count). The molecule has 0 spiro atoms. The van der Waals surface area contributed by atoms with Crippen molar-refractivity contribution >= 4 is 12.1 Å². The summed E-state index contributed by atoms with van der Waals surface area (Å²) >= 11 is 0. The van der Waals surface area contributed by atoms with Crippen LogP contribution in [0.2, 0.25) is 0 Å². The number of ether oxygens (including phenoxy) is 1. The molecule has 156 valence electrons. The molecule has 6 heteroatoms. The third-order valence-electron chi connectivity index (χ3n) is 6.22. The normalized spacial score (nSPS) is 18.7. The van der Waals surface area contributed by atoms with Gasteiger partial charge in [0.2, 0.25) is 0 Å². The summed E-state index contributed by atoms with van der Waals surface area (Å²) in [5.74, 6) is -2.42. The monoisotopic (exact) mass is 417 g/mol. The summed E-state index contributed by atoms with van der Waals surface area (Å²) in [5.41, 5.74) is 5.66. The number of benzene rings is 3. The van der Waals surface area contributed by atoms with E-state index >= 15 is 0 Å². The van der Waals surface area contributed by atoms with Gasteiger partial charge in [0.15, 0.2) is 0 Å². The van der Waals surface area contributed by atoms with Gasteiger partial charge in [0.25, 0.3) is 0 Å². The van der Waals surface area contributed by atoms with Crippen LogP contribution >= 0.6 is 0 Å². The maximum absolute atomic E-state index is 13.6. The molecule has 2 N–H and O–H groups in total. The van der Waals surface area contributed by atoms with Gasteiger partial charge in [-0.3, -0.25) is 4.79 Å². The molecule has 3 aromatic rings. The Morgan fingerprint density at radius 1 is 0.968 bits per heavy atom. The average molecular weight is 417 g/mol. The van der Waals surface area contributed by atoms with Gasteiger partial charge in [0.05, 0.1) is 12.0 Å². The largest absolute Gasteiger partial charge is 0.481 e. The van der Waals surface area contributed by atoms with E-state index < -0.39 is 29.8 Å². The van der Waals surface area contributed by atoms with Crippen LogP contribution in [0.4, 0.5) is 9.18 Å². The van der Waals surface area contributed by atoms with E-state index in [0.29, 0.717) is 11.1 Å². The molecular formula is C25H20FNO4. The lowest BCUT2D eigenvalue weighted by molar-refractivity contribution is -0.142. The lowest BCUT2D eigenvalue weighted by Crippen LogP contribution is -2.35. The highest BCUT2D eigenvalue weighted by Crippen LogP contribution is 2.44. The van der Waals surface area contributed by atoms with Crippen LogP contribution in [0.1, 0.15) is 34.2 Å². The minimum Gasteiger partial charge on any atom is -0.481 e. The summed E-state index contributed by atoms with van der Waals surface area (Å²) in [7, 11) is 0. The van der Waals surface area contributed by atoms with Crippen molar-refractivity contribution in [1.82, 2.24) is 5.32 Å². The minimum atomic E-state index is -1.04. The van der Waals surface area contributed by atoms with E-state index in [-0.39, 0.29) is 18.9 Å². The van der Waals surface area contributed by atoms with Gasteiger partial charge in [-0.15, -0.1) is 0 Å². The number of alkyl carbamates (subject to hydrolysis) is 1. The topological polar surface area (TPSA) is 75.6 Å².